The monoisotopic (exact) mass is 207 g/mol. The molecule has 15 heavy (non-hydrogen) atoms. The quantitative estimate of drug-likeness (QED) is 0.619. The van der Waals surface area contributed by atoms with Crippen LogP contribution >= 0.6 is 0 Å². The summed E-state index contributed by atoms with van der Waals surface area (Å²) < 4.78 is 4.76. The lowest BCUT2D eigenvalue weighted by molar-refractivity contribution is 0.134. The van der Waals surface area contributed by atoms with E-state index in [1.165, 1.54) is 25.5 Å². The molecule has 1 amide bonds. The van der Waals surface area contributed by atoms with Crippen molar-refractivity contribution in [3.63, 3.8) is 0 Å². The number of rotatable bonds is 1. The molecule has 0 fully saturated rings. The summed E-state index contributed by atoms with van der Waals surface area (Å²) in [6, 6.07) is 0.220. The minimum Gasteiger partial charge on any atom is -0.452 e. The summed E-state index contributed by atoms with van der Waals surface area (Å²) in [7, 11) is 1.43. The van der Waals surface area contributed by atoms with Crippen molar-refractivity contribution in [2.45, 2.75) is 38.1 Å². The van der Waals surface area contributed by atoms with Gasteiger partial charge in [0.25, 0.3) is 0 Å². The molecule has 0 radical (unpaired) electrons. The zero-order valence-corrected chi connectivity index (χ0v) is 9.11. The first-order valence-corrected chi connectivity index (χ1v) is 5.55. The van der Waals surface area contributed by atoms with Crippen LogP contribution < -0.4 is 0 Å². The third kappa shape index (κ3) is 2.06. The van der Waals surface area contributed by atoms with E-state index in [-0.39, 0.29) is 12.1 Å². The number of carbonyl (C=O) groups is 1. The number of hydrogen-bond donors (Lipinski definition) is 0. The van der Waals surface area contributed by atoms with Gasteiger partial charge in [-0.3, -0.25) is 4.90 Å². The molecule has 0 bridgehead atoms. The number of hydrogen-bond acceptors (Lipinski definition) is 2. The van der Waals surface area contributed by atoms with E-state index in [0.29, 0.717) is 0 Å². The van der Waals surface area contributed by atoms with Crippen molar-refractivity contribution in [2.24, 2.45) is 0 Å². The second-order valence-corrected chi connectivity index (χ2v) is 4.04. The minimum absolute atomic E-state index is 0.220. The molecule has 0 aromatic carbocycles. The van der Waals surface area contributed by atoms with Gasteiger partial charge >= 0.3 is 6.09 Å². The first-order valence-electron chi connectivity index (χ1n) is 5.55. The van der Waals surface area contributed by atoms with E-state index in [0.717, 1.165) is 19.3 Å². The van der Waals surface area contributed by atoms with Gasteiger partial charge in [0, 0.05) is 6.20 Å². The van der Waals surface area contributed by atoms with Gasteiger partial charge in [0.1, 0.15) is 0 Å². The van der Waals surface area contributed by atoms with Crippen LogP contribution in [0.4, 0.5) is 4.79 Å². The molecule has 3 heteroatoms. The Morgan fingerprint density at radius 2 is 2.40 bits per heavy atom. The lowest BCUT2D eigenvalue weighted by atomic mass is 9.92. The normalized spacial score (nSPS) is 25.3. The molecule has 0 spiro atoms. The molecule has 0 N–H and O–H groups in total. The molecule has 1 aliphatic heterocycles. The Hall–Kier alpha value is -1.25. The molecule has 0 saturated carbocycles. The van der Waals surface area contributed by atoms with Crippen LogP contribution in [0.1, 0.15) is 32.1 Å². The van der Waals surface area contributed by atoms with Gasteiger partial charge < -0.3 is 4.74 Å². The zero-order valence-electron chi connectivity index (χ0n) is 9.11. The maximum atomic E-state index is 11.5. The van der Waals surface area contributed by atoms with E-state index in [2.05, 4.69) is 6.08 Å². The molecule has 0 aromatic rings. The standard InChI is InChI=1S/C12H17NO2/c1-15-12(14)13-9-5-8-11(13)10-6-3-2-4-7-10/h5-6,9,11H,2-4,7-8H2,1H3/t11-/m0/s1. The third-order valence-corrected chi connectivity index (χ3v) is 3.10. The summed E-state index contributed by atoms with van der Waals surface area (Å²) in [6.45, 7) is 0. The molecule has 1 aliphatic carbocycles. The van der Waals surface area contributed by atoms with Gasteiger partial charge in [-0.1, -0.05) is 17.7 Å². The van der Waals surface area contributed by atoms with Gasteiger partial charge in [-0.2, -0.15) is 0 Å². The van der Waals surface area contributed by atoms with E-state index in [4.69, 9.17) is 4.74 Å². The summed E-state index contributed by atoms with van der Waals surface area (Å²) in [6.07, 6.45) is 11.7. The molecule has 0 saturated heterocycles. The topological polar surface area (TPSA) is 29.5 Å². The van der Waals surface area contributed by atoms with E-state index >= 15 is 0 Å². The SMILES string of the molecule is COC(=O)N1C=CC[C@H]1C1=CCCCC1. The van der Waals surface area contributed by atoms with Crippen molar-refractivity contribution in [3.05, 3.63) is 23.9 Å². The van der Waals surface area contributed by atoms with Crippen molar-refractivity contribution in [2.75, 3.05) is 7.11 Å². The van der Waals surface area contributed by atoms with Gasteiger partial charge in [-0.25, -0.2) is 4.79 Å². The molecular formula is C12H17NO2. The lowest BCUT2D eigenvalue weighted by Crippen LogP contribution is -2.34. The predicted octanol–water partition coefficient (Wildman–Crippen LogP) is 2.84. The van der Waals surface area contributed by atoms with E-state index < -0.39 is 0 Å². The van der Waals surface area contributed by atoms with E-state index in [9.17, 15) is 4.79 Å². The minimum atomic E-state index is -0.250. The highest BCUT2D eigenvalue weighted by atomic mass is 16.5. The summed E-state index contributed by atoms with van der Waals surface area (Å²) in [5.74, 6) is 0. The van der Waals surface area contributed by atoms with Gasteiger partial charge in [-0.15, -0.1) is 0 Å². The highest BCUT2D eigenvalue weighted by Crippen LogP contribution is 2.29. The van der Waals surface area contributed by atoms with Crippen LogP contribution in [0, 0.1) is 0 Å². The molecule has 82 valence electrons. The van der Waals surface area contributed by atoms with E-state index in [1.54, 1.807) is 4.90 Å². The van der Waals surface area contributed by atoms with Crippen LogP contribution in [0.15, 0.2) is 23.9 Å². The zero-order chi connectivity index (χ0) is 10.7. The number of ether oxygens (including phenoxy) is 1. The first-order chi connectivity index (χ1) is 7.33. The average molecular weight is 207 g/mol. The highest BCUT2D eigenvalue weighted by Gasteiger charge is 2.28. The van der Waals surface area contributed by atoms with Gasteiger partial charge in [0.15, 0.2) is 0 Å². The molecule has 0 unspecified atom stereocenters. The van der Waals surface area contributed by atoms with Gasteiger partial charge in [0.2, 0.25) is 0 Å². The number of allylic oxidation sites excluding steroid dienone is 1. The maximum absolute atomic E-state index is 11.5. The van der Waals surface area contributed by atoms with Crippen LogP contribution in [0.25, 0.3) is 0 Å². The second-order valence-electron chi connectivity index (χ2n) is 4.04. The Balaban J connectivity index is 2.08. The predicted molar refractivity (Wildman–Crippen MR) is 58.3 cm³/mol. The maximum Gasteiger partial charge on any atom is 0.414 e. The highest BCUT2D eigenvalue weighted by molar-refractivity contribution is 5.70. The van der Waals surface area contributed by atoms with Crippen molar-refractivity contribution in [1.29, 1.82) is 0 Å². The molecule has 3 nitrogen and oxygen atoms in total. The number of carbonyl (C=O) groups excluding carboxylic acids is 1. The largest absolute Gasteiger partial charge is 0.452 e. The molecule has 0 aromatic heterocycles. The first kappa shape index (κ1) is 10.3. The Morgan fingerprint density at radius 1 is 1.53 bits per heavy atom. The Bertz CT molecular complexity index is 307. The summed E-state index contributed by atoms with van der Waals surface area (Å²) in [5.41, 5.74) is 1.40. The van der Waals surface area contributed by atoms with Crippen LogP contribution in [0.5, 0.6) is 0 Å². The molecular weight excluding hydrogens is 190 g/mol. The average Bonchev–Trinajstić information content (AvgIpc) is 2.78. The summed E-state index contributed by atoms with van der Waals surface area (Å²) in [5, 5.41) is 0. The van der Waals surface area contributed by atoms with Crippen molar-refractivity contribution < 1.29 is 9.53 Å². The molecule has 1 heterocycles. The fraction of sp³-hybridized carbons (Fsp3) is 0.583. The Labute approximate surface area is 90.4 Å². The Morgan fingerprint density at radius 3 is 3.07 bits per heavy atom. The molecule has 1 atom stereocenters. The van der Waals surface area contributed by atoms with Crippen LogP contribution in [0.2, 0.25) is 0 Å². The van der Waals surface area contributed by atoms with E-state index in [1.807, 2.05) is 12.3 Å². The van der Waals surface area contributed by atoms with Crippen molar-refractivity contribution in [1.82, 2.24) is 4.90 Å². The van der Waals surface area contributed by atoms with Gasteiger partial charge in [0.05, 0.1) is 13.2 Å². The number of methoxy groups -OCH3 is 1. The van der Waals surface area contributed by atoms with Crippen molar-refractivity contribution in [3.8, 4) is 0 Å². The van der Waals surface area contributed by atoms with Gasteiger partial charge in [-0.05, 0) is 32.1 Å². The molecule has 2 aliphatic rings. The van der Waals surface area contributed by atoms with Crippen LogP contribution in [-0.2, 0) is 4.74 Å². The number of amides is 1. The number of nitrogens with zero attached hydrogens (tertiary/aromatic N) is 1. The lowest BCUT2D eigenvalue weighted by Gasteiger charge is -2.26. The Kier molecular flexibility index (Phi) is 3.09. The van der Waals surface area contributed by atoms with Crippen molar-refractivity contribution >= 4 is 6.09 Å². The fourth-order valence-corrected chi connectivity index (χ4v) is 2.31. The summed E-state index contributed by atoms with van der Waals surface area (Å²) >= 11 is 0. The fourth-order valence-electron chi connectivity index (χ4n) is 2.31. The smallest absolute Gasteiger partial charge is 0.414 e. The second kappa shape index (κ2) is 4.51. The van der Waals surface area contributed by atoms with Crippen LogP contribution in [0.3, 0.4) is 0 Å². The molecule has 2 rings (SSSR count). The third-order valence-electron chi connectivity index (χ3n) is 3.10. The summed E-state index contributed by atoms with van der Waals surface area (Å²) in [4.78, 5) is 13.2. The van der Waals surface area contributed by atoms with Crippen LogP contribution in [-0.4, -0.2) is 24.1 Å².